The summed E-state index contributed by atoms with van der Waals surface area (Å²) in [7, 11) is 0. The van der Waals surface area contributed by atoms with E-state index < -0.39 is 0 Å². The van der Waals surface area contributed by atoms with Crippen LogP contribution >= 0.6 is 0 Å². The molecule has 0 spiro atoms. The van der Waals surface area contributed by atoms with Gasteiger partial charge in [0.05, 0.1) is 5.69 Å². The fraction of sp³-hybridized carbons (Fsp3) is 0.0556. The smallest absolute Gasteiger partial charge is 0.250 e. The van der Waals surface area contributed by atoms with Crippen LogP contribution in [-0.2, 0) is 6.42 Å². The lowest BCUT2D eigenvalue weighted by molar-refractivity contribution is 0.875. The van der Waals surface area contributed by atoms with Crippen molar-refractivity contribution in [3.63, 3.8) is 0 Å². The lowest BCUT2D eigenvalue weighted by atomic mass is 10.1. The molecule has 4 aromatic rings. The van der Waals surface area contributed by atoms with Crippen LogP contribution in [0.4, 0.5) is 11.6 Å². The minimum absolute atomic E-state index is 0.612. The summed E-state index contributed by atoms with van der Waals surface area (Å²) >= 11 is 0. The van der Waals surface area contributed by atoms with Gasteiger partial charge in [0.25, 0.3) is 0 Å². The second kappa shape index (κ2) is 5.88. The van der Waals surface area contributed by atoms with Crippen LogP contribution < -0.4 is 5.32 Å². The van der Waals surface area contributed by atoms with Crippen molar-refractivity contribution in [2.75, 3.05) is 5.32 Å². The molecular weight excluding hydrogens is 286 g/mol. The third-order valence-electron chi connectivity index (χ3n) is 3.58. The van der Waals surface area contributed by atoms with Crippen molar-refractivity contribution < 1.29 is 0 Å². The average Bonchev–Trinajstić information content (AvgIpc) is 2.99. The van der Waals surface area contributed by atoms with Crippen LogP contribution in [0.25, 0.3) is 5.65 Å². The van der Waals surface area contributed by atoms with Gasteiger partial charge in [0, 0.05) is 12.1 Å². The summed E-state index contributed by atoms with van der Waals surface area (Å²) in [6, 6.07) is 24.1. The van der Waals surface area contributed by atoms with Crippen LogP contribution in [0.5, 0.6) is 0 Å². The number of anilines is 2. The minimum atomic E-state index is 0.612. The normalized spacial score (nSPS) is 10.8. The van der Waals surface area contributed by atoms with E-state index in [1.807, 2.05) is 60.7 Å². The number of nitrogens with one attached hydrogen (secondary N) is 1. The predicted molar refractivity (Wildman–Crippen MR) is 89.8 cm³/mol. The zero-order valence-electron chi connectivity index (χ0n) is 12.4. The zero-order valence-corrected chi connectivity index (χ0v) is 12.4. The molecule has 2 heterocycles. The zero-order chi connectivity index (χ0) is 15.5. The van der Waals surface area contributed by atoms with E-state index in [1.54, 1.807) is 4.52 Å². The lowest BCUT2D eigenvalue weighted by Crippen LogP contribution is -2.03. The molecule has 5 heteroatoms. The molecule has 2 aromatic heterocycles. The summed E-state index contributed by atoms with van der Waals surface area (Å²) in [5, 5.41) is 16.2. The molecule has 0 saturated carbocycles. The Morgan fingerprint density at radius 1 is 0.783 bits per heavy atom. The van der Waals surface area contributed by atoms with Gasteiger partial charge in [-0.15, -0.1) is 10.2 Å². The van der Waals surface area contributed by atoms with Gasteiger partial charge in [-0.25, -0.2) is 0 Å². The molecule has 23 heavy (non-hydrogen) atoms. The third kappa shape index (κ3) is 2.89. The highest BCUT2D eigenvalue weighted by atomic mass is 15.4. The molecule has 112 valence electrons. The molecule has 0 bridgehead atoms. The van der Waals surface area contributed by atoms with Gasteiger partial charge in [-0.05, 0) is 29.8 Å². The lowest BCUT2D eigenvalue weighted by Gasteiger charge is -2.05. The number of para-hydroxylation sites is 1. The Morgan fingerprint density at radius 2 is 1.52 bits per heavy atom. The van der Waals surface area contributed by atoms with Gasteiger partial charge in [0.2, 0.25) is 5.95 Å². The van der Waals surface area contributed by atoms with Crippen LogP contribution in [0, 0.1) is 0 Å². The van der Waals surface area contributed by atoms with E-state index >= 15 is 0 Å². The highest BCUT2D eigenvalue weighted by Gasteiger charge is 2.08. The Labute approximate surface area is 133 Å². The number of hydrogen-bond acceptors (Lipinski definition) is 4. The molecule has 5 nitrogen and oxygen atoms in total. The van der Waals surface area contributed by atoms with Gasteiger partial charge >= 0.3 is 0 Å². The largest absolute Gasteiger partial charge is 0.323 e. The second-order valence-electron chi connectivity index (χ2n) is 5.27. The fourth-order valence-corrected chi connectivity index (χ4v) is 2.45. The molecule has 1 N–H and O–H groups in total. The summed E-state index contributed by atoms with van der Waals surface area (Å²) in [4.78, 5) is 0. The van der Waals surface area contributed by atoms with Crippen LogP contribution in [0.2, 0.25) is 0 Å². The highest BCUT2D eigenvalue weighted by molar-refractivity contribution is 5.55. The van der Waals surface area contributed by atoms with Gasteiger partial charge in [-0.1, -0.05) is 48.5 Å². The van der Waals surface area contributed by atoms with Gasteiger partial charge < -0.3 is 5.32 Å². The fourth-order valence-electron chi connectivity index (χ4n) is 2.45. The van der Waals surface area contributed by atoms with Crippen LogP contribution in [-0.4, -0.2) is 19.8 Å². The molecule has 0 unspecified atom stereocenters. The molecule has 0 amide bonds. The van der Waals surface area contributed by atoms with Crippen LogP contribution in [0.1, 0.15) is 11.3 Å². The molecule has 4 rings (SSSR count). The maximum absolute atomic E-state index is 4.66. The predicted octanol–water partition coefficient (Wildman–Crippen LogP) is 3.46. The quantitative estimate of drug-likeness (QED) is 0.627. The third-order valence-corrected chi connectivity index (χ3v) is 3.58. The van der Waals surface area contributed by atoms with Crippen molar-refractivity contribution in [1.82, 2.24) is 19.8 Å². The van der Waals surface area contributed by atoms with Crippen molar-refractivity contribution in [2.24, 2.45) is 0 Å². The standard InChI is InChI=1S/C18H15N5/c1-3-7-14(8-4-1)13-16-11-12-17-20-21-18(23(17)22-16)19-15-9-5-2-6-10-15/h1-12H,13H2,(H,19,21). The molecule has 0 aliphatic rings. The van der Waals surface area contributed by atoms with Crippen molar-refractivity contribution in [2.45, 2.75) is 6.42 Å². The Balaban J connectivity index is 1.66. The van der Waals surface area contributed by atoms with Crippen molar-refractivity contribution in [3.05, 3.63) is 84.1 Å². The molecule has 0 aliphatic heterocycles. The van der Waals surface area contributed by atoms with E-state index in [9.17, 15) is 0 Å². The average molecular weight is 301 g/mol. The van der Waals surface area contributed by atoms with Gasteiger partial charge in [0.15, 0.2) is 5.65 Å². The van der Waals surface area contributed by atoms with E-state index in [-0.39, 0.29) is 0 Å². The number of rotatable bonds is 4. The summed E-state index contributed by atoms with van der Waals surface area (Å²) in [6.45, 7) is 0. The second-order valence-corrected chi connectivity index (χ2v) is 5.27. The highest BCUT2D eigenvalue weighted by Crippen LogP contribution is 2.15. The number of hydrogen-bond donors (Lipinski definition) is 1. The number of aromatic nitrogens is 4. The maximum Gasteiger partial charge on any atom is 0.250 e. The Morgan fingerprint density at radius 3 is 2.30 bits per heavy atom. The van der Waals surface area contributed by atoms with Crippen molar-refractivity contribution in [1.29, 1.82) is 0 Å². The van der Waals surface area contributed by atoms with E-state index in [0.717, 1.165) is 23.4 Å². The number of fused-ring (bicyclic) bond motifs is 1. The summed E-state index contributed by atoms with van der Waals surface area (Å²) in [6.07, 6.45) is 0.778. The molecular formula is C18H15N5. The monoisotopic (exact) mass is 301 g/mol. The summed E-state index contributed by atoms with van der Waals surface area (Å²) in [5.74, 6) is 0.612. The summed E-state index contributed by atoms with van der Waals surface area (Å²) < 4.78 is 1.74. The molecule has 0 radical (unpaired) electrons. The van der Waals surface area contributed by atoms with Crippen LogP contribution in [0.3, 0.4) is 0 Å². The number of benzene rings is 2. The topological polar surface area (TPSA) is 55.1 Å². The first-order valence-electron chi connectivity index (χ1n) is 7.46. The van der Waals surface area contributed by atoms with E-state index in [1.165, 1.54) is 5.56 Å². The van der Waals surface area contributed by atoms with Crippen molar-refractivity contribution >= 4 is 17.3 Å². The van der Waals surface area contributed by atoms with Gasteiger partial charge in [-0.3, -0.25) is 0 Å². The first kappa shape index (κ1) is 13.5. The number of nitrogens with zero attached hydrogens (tertiary/aromatic N) is 4. The first-order chi connectivity index (χ1) is 11.4. The van der Waals surface area contributed by atoms with Gasteiger partial charge in [0.1, 0.15) is 0 Å². The Hall–Kier alpha value is -3.21. The van der Waals surface area contributed by atoms with Crippen LogP contribution in [0.15, 0.2) is 72.8 Å². The molecule has 0 saturated heterocycles. The molecule has 2 aromatic carbocycles. The van der Waals surface area contributed by atoms with Crippen molar-refractivity contribution in [3.8, 4) is 0 Å². The molecule has 0 aliphatic carbocycles. The van der Waals surface area contributed by atoms with Gasteiger partial charge in [-0.2, -0.15) is 9.61 Å². The SMILES string of the molecule is c1ccc(Cc2ccc3nnc(Nc4ccccc4)n3n2)cc1. The van der Waals surface area contributed by atoms with E-state index in [0.29, 0.717) is 5.95 Å². The molecule has 0 fully saturated rings. The maximum atomic E-state index is 4.66. The van der Waals surface area contributed by atoms with E-state index in [4.69, 9.17) is 0 Å². The Kier molecular flexibility index (Phi) is 3.44. The molecule has 0 atom stereocenters. The minimum Gasteiger partial charge on any atom is -0.323 e. The first-order valence-corrected chi connectivity index (χ1v) is 7.46. The summed E-state index contributed by atoms with van der Waals surface area (Å²) in [5.41, 5.74) is 3.88. The van der Waals surface area contributed by atoms with E-state index in [2.05, 4.69) is 32.7 Å². The Bertz CT molecular complexity index is 916.